The molecule has 5 nitrogen and oxygen atoms in total. The van der Waals surface area contributed by atoms with E-state index in [1.165, 1.54) is 12.1 Å². The number of rotatable bonds is 6. The average molecular weight is 514 g/mol. The van der Waals surface area contributed by atoms with E-state index in [-0.39, 0.29) is 17.7 Å². The van der Waals surface area contributed by atoms with Gasteiger partial charge in [0.05, 0.1) is 35.4 Å². The van der Waals surface area contributed by atoms with E-state index in [1.807, 2.05) is 24.3 Å². The van der Waals surface area contributed by atoms with Gasteiger partial charge in [-0.05, 0) is 59.7 Å². The molecule has 1 unspecified atom stereocenters. The van der Waals surface area contributed by atoms with E-state index in [9.17, 15) is 23.2 Å². The lowest BCUT2D eigenvalue weighted by molar-refractivity contribution is -0.137. The lowest BCUT2D eigenvalue weighted by Crippen LogP contribution is -2.43. The van der Waals surface area contributed by atoms with Crippen molar-refractivity contribution in [1.29, 1.82) is 5.26 Å². The minimum atomic E-state index is -4.47. The maximum atomic E-state index is 12.9. The van der Waals surface area contributed by atoms with Crippen LogP contribution in [0.15, 0.2) is 72.8 Å². The summed E-state index contributed by atoms with van der Waals surface area (Å²) in [5.74, 6) is -0.473. The number of methoxy groups -OCH3 is 1. The first kappa shape index (κ1) is 25.7. The van der Waals surface area contributed by atoms with Crippen LogP contribution in [0.1, 0.15) is 38.7 Å². The number of benzene rings is 3. The predicted octanol–water partition coefficient (Wildman–Crippen LogP) is 5.45. The topological polar surface area (TPSA) is 65.4 Å². The lowest BCUT2D eigenvalue weighted by atomic mass is 9.96. The van der Waals surface area contributed by atoms with Crippen molar-refractivity contribution in [3.63, 3.8) is 0 Å². The van der Waals surface area contributed by atoms with Crippen LogP contribution in [0, 0.1) is 11.3 Å². The standard InChI is InChI=1S/C27H23ClF3N3O2/c1-36-24-16-34(15-23(24)33-26(35)20-6-10-21(11-7-20)27(29,30)31)25(19-8-12-22(28)13-9-19)18-4-2-17(14-32)3-5-18/h2-13,23-25H,15-16H2,1H3,(H,33,35)/t23-,24-,25?/m0/s1. The third-order valence-corrected chi connectivity index (χ3v) is 6.55. The monoisotopic (exact) mass is 513 g/mol. The second-order valence-corrected chi connectivity index (χ2v) is 9.01. The average Bonchev–Trinajstić information content (AvgIpc) is 3.27. The molecule has 0 bridgehead atoms. The summed E-state index contributed by atoms with van der Waals surface area (Å²) in [6, 6.07) is 20.4. The van der Waals surface area contributed by atoms with Crippen molar-refractivity contribution in [2.45, 2.75) is 24.4 Å². The third kappa shape index (κ3) is 5.71. The molecule has 1 heterocycles. The van der Waals surface area contributed by atoms with Crippen LogP contribution in [0.3, 0.4) is 0 Å². The molecule has 3 aromatic rings. The summed E-state index contributed by atoms with van der Waals surface area (Å²) in [5, 5.41) is 12.7. The molecule has 1 aliphatic heterocycles. The Kier molecular flexibility index (Phi) is 7.65. The Morgan fingerprint density at radius 1 is 1.03 bits per heavy atom. The van der Waals surface area contributed by atoms with Crippen molar-refractivity contribution in [2.75, 3.05) is 20.2 Å². The minimum Gasteiger partial charge on any atom is -0.378 e. The number of likely N-dealkylation sites (tertiary alicyclic amines) is 1. The van der Waals surface area contributed by atoms with Crippen LogP contribution in [0.2, 0.25) is 5.02 Å². The number of ether oxygens (including phenoxy) is 1. The van der Waals surface area contributed by atoms with Gasteiger partial charge in [-0.15, -0.1) is 0 Å². The molecular weight excluding hydrogens is 491 g/mol. The Morgan fingerprint density at radius 2 is 1.61 bits per heavy atom. The quantitative estimate of drug-likeness (QED) is 0.476. The highest BCUT2D eigenvalue weighted by Crippen LogP contribution is 2.33. The van der Waals surface area contributed by atoms with Crippen LogP contribution < -0.4 is 5.32 Å². The van der Waals surface area contributed by atoms with Crippen LogP contribution >= 0.6 is 11.6 Å². The second-order valence-electron chi connectivity index (χ2n) is 8.57. The first-order valence-corrected chi connectivity index (χ1v) is 11.6. The smallest absolute Gasteiger partial charge is 0.378 e. The van der Waals surface area contributed by atoms with E-state index in [2.05, 4.69) is 16.3 Å². The van der Waals surface area contributed by atoms with Crippen LogP contribution in [-0.4, -0.2) is 43.2 Å². The second kappa shape index (κ2) is 10.7. The van der Waals surface area contributed by atoms with Gasteiger partial charge in [0.1, 0.15) is 0 Å². The molecule has 3 atom stereocenters. The zero-order valence-electron chi connectivity index (χ0n) is 19.3. The largest absolute Gasteiger partial charge is 0.416 e. The van der Waals surface area contributed by atoms with Gasteiger partial charge < -0.3 is 10.1 Å². The summed E-state index contributed by atoms with van der Waals surface area (Å²) in [5.41, 5.74) is 1.81. The number of nitriles is 1. The number of halogens is 4. The maximum Gasteiger partial charge on any atom is 0.416 e. The van der Waals surface area contributed by atoms with Gasteiger partial charge >= 0.3 is 6.18 Å². The summed E-state index contributed by atoms with van der Waals surface area (Å²) >= 11 is 6.10. The molecular formula is C27H23ClF3N3O2. The zero-order chi connectivity index (χ0) is 25.9. The molecule has 1 saturated heterocycles. The number of hydrogen-bond acceptors (Lipinski definition) is 4. The molecule has 0 saturated carbocycles. The Labute approximate surface area is 212 Å². The number of alkyl halides is 3. The third-order valence-electron chi connectivity index (χ3n) is 6.29. The van der Waals surface area contributed by atoms with E-state index < -0.39 is 23.7 Å². The normalized spacial score (nSPS) is 19.0. The SMILES string of the molecule is CO[C@H]1CN(C(c2ccc(Cl)cc2)c2ccc(C#N)cc2)C[C@@H]1NC(=O)c1ccc(C(F)(F)F)cc1. The number of nitrogens with zero attached hydrogens (tertiary/aromatic N) is 2. The summed E-state index contributed by atoms with van der Waals surface area (Å²) in [6.45, 7) is 0.944. The highest BCUT2D eigenvalue weighted by molar-refractivity contribution is 6.30. The minimum absolute atomic E-state index is 0.137. The molecule has 1 amide bonds. The molecule has 0 aliphatic carbocycles. The van der Waals surface area contributed by atoms with Crippen molar-refractivity contribution in [1.82, 2.24) is 10.2 Å². The Hall–Kier alpha value is -3.38. The molecule has 0 aromatic heterocycles. The van der Waals surface area contributed by atoms with Crippen LogP contribution in [0.4, 0.5) is 13.2 Å². The van der Waals surface area contributed by atoms with Crippen molar-refractivity contribution in [3.05, 3.63) is 106 Å². The number of nitrogens with one attached hydrogen (secondary N) is 1. The molecule has 0 spiro atoms. The van der Waals surface area contributed by atoms with Gasteiger partial charge in [0.25, 0.3) is 5.91 Å². The molecule has 1 fully saturated rings. The number of carbonyl (C=O) groups excluding carboxylic acids is 1. The van der Waals surface area contributed by atoms with Crippen LogP contribution in [0.25, 0.3) is 0 Å². The first-order chi connectivity index (χ1) is 17.2. The molecule has 186 valence electrons. The molecule has 36 heavy (non-hydrogen) atoms. The molecule has 9 heteroatoms. The van der Waals surface area contributed by atoms with Gasteiger partial charge in [-0.25, -0.2) is 0 Å². The lowest BCUT2D eigenvalue weighted by Gasteiger charge is -2.29. The van der Waals surface area contributed by atoms with Crippen molar-refractivity contribution >= 4 is 17.5 Å². The van der Waals surface area contributed by atoms with Crippen molar-refractivity contribution in [2.24, 2.45) is 0 Å². The molecule has 1 aliphatic rings. The number of amides is 1. The molecule has 1 N–H and O–H groups in total. The van der Waals surface area contributed by atoms with Crippen LogP contribution in [-0.2, 0) is 10.9 Å². The van der Waals surface area contributed by atoms with E-state index in [4.69, 9.17) is 16.3 Å². The Balaban J connectivity index is 1.57. The molecule has 3 aromatic carbocycles. The first-order valence-electron chi connectivity index (χ1n) is 11.2. The highest BCUT2D eigenvalue weighted by Gasteiger charge is 2.38. The maximum absolute atomic E-state index is 12.9. The van der Waals surface area contributed by atoms with Gasteiger partial charge in [0, 0.05) is 30.8 Å². The summed E-state index contributed by atoms with van der Waals surface area (Å²) in [7, 11) is 1.56. The van der Waals surface area contributed by atoms with Gasteiger partial charge in [-0.1, -0.05) is 35.9 Å². The summed E-state index contributed by atoms with van der Waals surface area (Å²) < 4.78 is 44.3. The molecule has 4 rings (SSSR count). The summed E-state index contributed by atoms with van der Waals surface area (Å²) in [6.07, 6.45) is -4.80. The fourth-order valence-corrected chi connectivity index (χ4v) is 4.58. The van der Waals surface area contributed by atoms with E-state index in [0.717, 1.165) is 23.3 Å². The van der Waals surface area contributed by atoms with E-state index >= 15 is 0 Å². The van der Waals surface area contributed by atoms with Gasteiger partial charge in [-0.3, -0.25) is 9.69 Å². The highest BCUT2D eigenvalue weighted by atomic mass is 35.5. The zero-order valence-corrected chi connectivity index (χ0v) is 20.1. The predicted molar refractivity (Wildman–Crippen MR) is 130 cm³/mol. The Bertz CT molecular complexity index is 1240. The van der Waals surface area contributed by atoms with Gasteiger partial charge in [0.2, 0.25) is 0 Å². The van der Waals surface area contributed by atoms with Crippen LogP contribution in [0.5, 0.6) is 0 Å². The fourth-order valence-electron chi connectivity index (χ4n) is 4.45. The van der Waals surface area contributed by atoms with E-state index in [0.29, 0.717) is 23.7 Å². The van der Waals surface area contributed by atoms with Gasteiger partial charge in [-0.2, -0.15) is 18.4 Å². The molecule has 0 radical (unpaired) electrons. The summed E-state index contributed by atoms with van der Waals surface area (Å²) in [4.78, 5) is 15.0. The fraction of sp³-hybridized carbons (Fsp3) is 0.259. The number of carbonyl (C=O) groups is 1. The van der Waals surface area contributed by atoms with Crippen molar-refractivity contribution in [3.8, 4) is 6.07 Å². The Morgan fingerprint density at radius 3 is 2.14 bits per heavy atom. The number of hydrogen-bond donors (Lipinski definition) is 1. The van der Waals surface area contributed by atoms with Gasteiger partial charge in [0.15, 0.2) is 0 Å². The van der Waals surface area contributed by atoms with Crippen molar-refractivity contribution < 1.29 is 22.7 Å². The van der Waals surface area contributed by atoms with E-state index in [1.54, 1.807) is 31.4 Å².